The first kappa shape index (κ1) is 19.8. The number of sulfone groups is 1. The van der Waals surface area contributed by atoms with Gasteiger partial charge in [-0.3, -0.25) is 9.36 Å². The fourth-order valence-corrected chi connectivity index (χ4v) is 5.33. The number of ether oxygens (including phenoxy) is 1. The Bertz CT molecular complexity index is 1350. The first-order valence-corrected chi connectivity index (χ1v) is 10.6. The molecule has 1 fully saturated rings. The van der Waals surface area contributed by atoms with Gasteiger partial charge in [0.15, 0.2) is 9.84 Å². The molecule has 1 aliphatic rings. The van der Waals surface area contributed by atoms with Crippen LogP contribution in [0.3, 0.4) is 0 Å². The minimum absolute atomic E-state index is 0.00586. The lowest BCUT2D eigenvalue weighted by atomic mass is 10.2. The summed E-state index contributed by atoms with van der Waals surface area (Å²) in [5, 5.41) is 0.344. The second kappa shape index (κ2) is 6.50. The molecule has 1 unspecified atom stereocenters. The predicted molar refractivity (Wildman–Crippen MR) is 97.9 cm³/mol. The van der Waals surface area contributed by atoms with Gasteiger partial charge in [-0.05, 0) is 29.7 Å². The molecular weight excluding hydrogens is 435 g/mol. The summed E-state index contributed by atoms with van der Waals surface area (Å²) in [6.07, 6.45) is -4.87. The van der Waals surface area contributed by atoms with Crippen LogP contribution >= 0.6 is 11.5 Å². The average Bonchev–Trinajstić information content (AvgIpc) is 3.19. The highest BCUT2D eigenvalue weighted by atomic mass is 32.2. The van der Waals surface area contributed by atoms with Gasteiger partial charge in [0, 0.05) is 18.5 Å². The molecule has 2 aromatic heterocycles. The van der Waals surface area contributed by atoms with Crippen LogP contribution in [-0.2, 0) is 27.8 Å². The Morgan fingerprint density at radius 2 is 1.97 bits per heavy atom. The third-order valence-electron chi connectivity index (χ3n) is 4.54. The summed E-state index contributed by atoms with van der Waals surface area (Å²) >= 11 is 1.01. The van der Waals surface area contributed by atoms with Gasteiger partial charge in [0.1, 0.15) is 11.4 Å². The molecule has 8 nitrogen and oxygen atoms in total. The van der Waals surface area contributed by atoms with Gasteiger partial charge in [-0.15, -0.1) is 0 Å². The van der Waals surface area contributed by atoms with Gasteiger partial charge < -0.3 is 4.74 Å². The van der Waals surface area contributed by atoms with Crippen molar-refractivity contribution in [2.75, 3.05) is 12.4 Å². The van der Waals surface area contributed by atoms with Crippen LogP contribution in [0.1, 0.15) is 16.8 Å². The molecule has 1 aliphatic heterocycles. The monoisotopic (exact) mass is 447 g/mol. The first-order valence-electron chi connectivity index (χ1n) is 8.14. The van der Waals surface area contributed by atoms with Crippen LogP contribution in [0.4, 0.5) is 13.2 Å². The molecule has 29 heavy (non-hydrogen) atoms. The molecule has 0 radical (unpaired) electrons. The summed E-state index contributed by atoms with van der Waals surface area (Å²) in [4.78, 5) is 24.8. The quantitative estimate of drug-likeness (QED) is 0.592. The van der Waals surface area contributed by atoms with E-state index in [1.807, 2.05) is 0 Å². The Morgan fingerprint density at radius 1 is 1.24 bits per heavy atom. The second-order valence-corrected chi connectivity index (χ2v) is 9.33. The van der Waals surface area contributed by atoms with Gasteiger partial charge in [0.2, 0.25) is 5.44 Å². The van der Waals surface area contributed by atoms with Gasteiger partial charge >= 0.3 is 11.9 Å². The van der Waals surface area contributed by atoms with Crippen molar-refractivity contribution in [3.8, 4) is 5.69 Å². The van der Waals surface area contributed by atoms with E-state index in [2.05, 4.69) is 4.37 Å². The summed E-state index contributed by atoms with van der Waals surface area (Å²) in [6, 6.07) is 4.58. The molecule has 0 saturated carbocycles. The summed E-state index contributed by atoms with van der Waals surface area (Å²) in [5.41, 5.74) is -4.85. The number of benzene rings is 1. The lowest BCUT2D eigenvalue weighted by Crippen LogP contribution is -2.40. The predicted octanol–water partition coefficient (Wildman–Crippen LogP) is 1.61. The molecule has 3 heterocycles. The minimum atomic E-state index is -4.87. The van der Waals surface area contributed by atoms with Crippen LogP contribution in [0, 0.1) is 0 Å². The Kier molecular flexibility index (Phi) is 4.44. The van der Waals surface area contributed by atoms with Crippen LogP contribution in [-0.4, -0.2) is 34.3 Å². The van der Waals surface area contributed by atoms with E-state index < -0.39 is 38.4 Å². The van der Waals surface area contributed by atoms with E-state index in [-0.39, 0.29) is 23.7 Å². The van der Waals surface area contributed by atoms with Gasteiger partial charge in [-0.2, -0.15) is 17.5 Å². The number of nitrogens with zero attached hydrogens (tertiary/aromatic N) is 3. The normalized spacial score (nSPS) is 19.1. The molecule has 4 rings (SSSR count). The molecule has 1 aromatic carbocycles. The Labute approximate surface area is 164 Å². The number of alkyl halides is 3. The van der Waals surface area contributed by atoms with Crippen molar-refractivity contribution in [3.05, 3.63) is 56.5 Å². The zero-order chi connectivity index (χ0) is 21.1. The van der Waals surface area contributed by atoms with Crippen LogP contribution in [0.25, 0.3) is 15.8 Å². The SMILES string of the molecule is Cn1c(C(F)(F)F)cc(=O)n(-c2ccc3snc(C4OCCS4(=O)=O)c3c2)c1=O. The maximum Gasteiger partial charge on any atom is 0.431 e. The summed E-state index contributed by atoms with van der Waals surface area (Å²) in [6.45, 7) is 0.0185. The van der Waals surface area contributed by atoms with Crippen molar-refractivity contribution in [2.24, 2.45) is 7.05 Å². The maximum absolute atomic E-state index is 13.0. The van der Waals surface area contributed by atoms with E-state index in [4.69, 9.17) is 4.74 Å². The molecule has 1 atom stereocenters. The molecule has 0 aliphatic carbocycles. The standard InChI is InChI=1S/C16H12F3N3O5S2/c1-21-11(16(17,18)19)7-12(23)22(15(21)24)8-2-3-10-9(6-8)13(20-28-10)14-27-4-5-29(14,25)26/h2-3,6-7,14H,4-5H2,1H3. The van der Waals surface area contributed by atoms with Crippen LogP contribution < -0.4 is 11.2 Å². The van der Waals surface area contributed by atoms with E-state index in [1.54, 1.807) is 0 Å². The molecule has 3 aromatic rings. The topological polar surface area (TPSA) is 100 Å². The summed E-state index contributed by atoms with van der Waals surface area (Å²) in [7, 11) is -2.65. The Balaban J connectivity index is 1.93. The largest absolute Gasteiger partial charge is 0.431 e. The highest BCUT2D eigenvalue weighted by Gasteiger charge is 2.37. The van der Waals surface area contributed by atoms with Crippen molar-refractivity contribution in [3.63, 3.8) is 0 Å². The lowest BCUT2D eigenvalue weighted by Gasteiger charge is -2.14. The minimum Gasteiger partial charge on any atom is -0.355 e. The molecule has 0 amide bonds. The molecule has 0 bridgehead atoms. The third kappa shape index (κ3) is 3.18. The number of aromatic nitrogens is 3. The molecule has 0 spiro atoms. The zero-order valence-electron chi connectivity index (χ0n) is 14.6. The molecular formula is C16H12F3N3O5S2. The number of fused-ring (bicyclic) bond motifs is 1. The van der Waals surface area contributed by atoms with Gasteiger partial charge in [-0.1, -0.05) is 0 Å². The Morgan fingerprint density at radius 3 is 2.59 bits per heavy atom. The smallest absolute Gasteiger partial charge is 0.355 e. The fraction of sp³-hybridized carbons (Fsp3) is 0.312. The number of hydrogen-bond donors (Lipinski definition) is 0. The lowest BCUT2D eigenvalue weighted by molar-refractivity contribution is -0.144. The number of halogens is 3. The third-order valence-corrected chi connectivity index (χ3v) is 7.12. The van der Waals surface area contributed by atoms with Crippen LogP contribution in [0.15, 0.2) is 33.9 Å². The molecule has 1 saturated heterocycles. The van der Waals surface area contributed by atoms with Gasteiger partial charge in [0.05, 0.1) is 22.7 Å². The summed E-state index contributed by atoms with van der Waals surface area (Å²) in [5.74, 6) is -0.157. The van der Waals surface area contributed by atoms with Crippen molar-refractivity contribution >= 4 is 31.5 Å². The second-order valence-electron chi connectivity index (χ2n) is 6.36. The molecule has 0 N–H and O–H groups in total. The van der Waals surface area contributed by atoms with Crippen molar-refractivity contribution in [1.29, 1.82) is 0 Å². The van der Waals surface area contributed by atoms with E-state index in [0.29, 0.717) is 25.3 Å². The van der Waals surface area contributed by atoms with Gasteiger partial charge in [0.25, 0.3) is 5.56 Å². The van der Waals surface area contributed by atoms with E-state index in [1.165, 1.54) is 18.2 Å². The Hall–Kier alpha value is -2.51. The first-order chi connectivity index (χ1) is 13.5. The van der Waals surface area contributed by atoms with Crippen molar-refractivity contribution in [1.82, 2.24) is 13.5 Å². The van der Waals surface area contributed by atoms with Gasteiger partial charge in [-0.25, -0.2) is 17.8 Å². The van der Waals surface area contributed by atoms with Crippen molar-refractivity contribution < 1.29 is 26.3 Å². The zero-order valence-corrected chi connectivity index (χ0v) is 16.3. The molecule has 13 heteroatoms. The van der Waals surface area contributed by atoms with Crippen LogP contribution in [0.2, 0.25) is 0 Å². The van der Waals surface area contributed by atoms with Crippen molar-refractivity contribution in [2.45, 2.75) is 11.6 Å². The highest BCUT2D eigenvalue weighted by Crippen LogP contribution is 2.36. The van der Waals surface area contributed by atoms with E-state index >= 15 is 0 Å². The number of rotatable bonds is 2. The maximum atomic E-state index is 13.0. The van der Waals surface area contributed by atoms with E-state index in [0.717, 1.165) is 18.6 Å². The number of hydrogen-bond acceptors (Lipinski definition) is 7. The van der Waals surface area contributed by atoms with Crippen LogP contribution in [0.5, 0.6) is 0 Å². The fourth-order valence-electron chi connectivity index (χ4n) is 3.12. The summed E-state index contributed by atoms with van der Waals surface area (Å²) < 4.78 is 74.3. The average molecular weight is 447 g/mol. The molecule has 154 valence electrons. The highest BCUT2D eigenvalue weighted by molar-refractivity contribution is 7.91. The van der Waals surface area contributed by atoms with E-state index in [9.17, 15) is 31.2 Å².